The van der Waals surface area contributed by atoms with Gasteiger partial charge in [-0.2, -0.15) is 0 Å². The lowest BCUT2D eigenvalue weighted by Crippen LogP contribution is -2.11. The molecule has 3 N–H and O–H groups in total. The van der Waals surface area contributed by atoms with Gasteiger partial charge >= 0.3 is 0 Å². The number of carbonyl (C=O) groups is 1. The summed E-state index contributed by atoms with van der Waals surface area (Å²) >= 11 is 0. The summed E-state index contributed by atoms with van der Waals surface area (Å²) in [6.45, 7) is -0.213. The predicted molar refractivity (Wildman–Crippen MR) is 98.1 cm³/mol. The first kappa shape index (κ1) is 18.1. The number of hydrogen-bond acceptors (Lipinski definition) is 2. The molecule has 0 fully saturated rings. The minimum Gasteiger partial charge on any atom is -0.392 e. The van der Waals surface area contributed by atoms with Crippen LogP contribution in [0.4, 0.5) is 13.2 Å². The Hall–Kier alpha value is -3.32. The topological polar surface area (TPSA) is 68.2 Å². The standard InChI is InChI=1S/C21H14F3N2O2/c22-15-6-12(7-16(23)20(15)24)9-26-17-3-1-2-14(21(25)28)19(17)13-5-4-11(10-27)8-18(13)26/h1-4,6-8,27H,9-10H2,(H2,25,28). The molecular formula is C21H14F3N2O2. The second-order valence-corrected chi connectivity index (χ2v) is 6.45. The van der Waals surface area contributed by atoms with Crippen LogP contribution in [-0.4, -0.2) is 15.6 Å². The number of aliphatic hydroxyl groups excluding tert-OH is 1. The number of hydrogen-bond donors (Lipinski definition) is 2. The zero-order valence-electron chi connectivity index (χ0n) is 14.5. The van der Waals surface area contributed by atoms with E-state index >= 15 is 0 Å². The van der Waals surface area contributed by atoms with Gasteiger partial charge in [-0.3, -0.25) is 4.79 Å². The van der Waals surface area contributed by atoms with Crippen LogP contribution in [0.25, 0.3) is 21.8 Å². The first-order chi connectivity index (χ1) is 13.4. The Labute approximate surface area is 157 Å². The van der Waals surface area contributed by atoms with Crippen molar-refractivity contribution in [2.45, 2.75) is 13.2 Å². The molecule has 4 nitrogen and oxygen atoms in total. The Morgan fingerprint density at radius 2 is 1.79 bits per heavy atom. The average Bonchev–Trinajstić information content (AvgIpc) is 2.99. The number of aliphatic hydroxyl groups is 1. The molecule has 4 aromatic rings. The molecule has 1 amide bonds. The van der Waals surface area contributed by atoms with Crippen molar-refractivity contribution in [1.29, 1.82) is 0 Å². The van der Waals surface area contributed by atoms with E-state index in [0.29, 0.717) is 27.4 Å². The van der Waals surface area contributed by atoms with Gasteiger partial charge < -0.3 is 15.4 Å². The summed E-state index contributed by atoms with van der Waals surface area (Å²) in [6, 6.07) is 13.2. The maximum absolute atomic E-state index is 13.7. The van der Waals surface area contributed by atoms with Gasteiger partial charge in [0.05, 0.1) is 17.6 Å². The monoisotopic (exact) mass is 383 g/mol. The van der Waals surface area contributed by atoms with Crippen molar-refractivity contribution < 1.29 is 23.1 Å². The third kappa shape index (κ3) is 2.80. The fourth-order valence-electron chi connectivity index (χ4n) is 3.45. The fraction of sp³-hybridized carbons (Fsp3) is 0.0952. The van der Waals surface area contributed by atoms with Crippen LogP contribution in [0.15, 0.2) is 42.5 Å². The van der Waals surface area contributed by atoms with Crippen LogP contribution >= 0.6 is 0 Å². The highest BCUT2D eigenvalue weighted by Crippen LogP contribution is 2.33. The number of amides is 1. The summed E-state index contributed by atoms with van der Waals surface area (Å²) in [7, 11) is 0. The molecule has 0 bridgehead atoms. The van der Waals surface area contributed by atoms with E-state index in [1.54, 1.807) is 34.9 Å². The predicted octanol–water partition coefficient (Wildman–Crippen LogP) is 3.65. The van der Waals surface area contributed by atoms with Crippen LogP contribution in [0.3, 0.4) is 0 Å². The van der Waals surface area contributed by atoms with Crippen molar-refractivity contribution in [3.8, 4) is 0 Å². The third-order valence-electron chi connectivity index (χ3n) is 4.69. The van der Waals surface area contributed by atoms with Gasteiger partial charge in [0.2, 0.25) is 5.91 Å². The number of nitrogens with zero attached hydrogens (tertiary/aromatic N) is 1. The van der Waals surface area contributed by atoms with Crippen molar-refractivity contribution in [2.75, 3.05) is 0 Å². The Morgan fingerprint density at radius 3 is 2.43 bits per heavy atom. The van der Waals surface area contributed by atoms with Crippen LogP contribution in [0.5, 0.6) is 0 Å². The summed E-state index contributed by atoms with van der Waals surface area (Å²) in [5.41, 5.74) is 7.76. The highest BCUT2D eigenvalue weighted by molar-refractivity contribution is 6.17. The van der Waals surface area contributed by atoms with Crippen molar-refractivity contribution in [1.82, 2.24) is 4.57 Å². The van der Waals surface area contributed by atoms with E-state index in [-0.39, 0.29) is 24.3 Å². The zero-order valence-corrected chi connectivity index (χ0v) is 14.5. The molecule has 0 aliphatic carbocycles. The number of nitrogens with two attached hydrogens (primary N) is 1. The van der Waals surface area contributed by atoms with E-state index in [0.717, 1.165) is 12.1 Å². The van der Waals surface area contributed by atoms with E-state index in [9.17, 15) is 23.1 Å². The van der Waals surface area contributed by atoms with E-state index in [2.05, 4.69) is 6.07 Å². The minimum absolute atomic E-state index is 0.0130. The van der Waals surface area contributed by atoms with Gasteiger partial charge in [-0.1, -0.05) is 6.07 Å². The van der Waals surface area contributed by atoms with Gasteiger partial charge in [-0.05, 0) is 53.6 Å². The van der Waals surface area contributed by atoms with E-state index in [1.165, 1.54) is 0 Å². The minimum atomic E-state index is -1.53. The molecular weight excluding hydrogens is 369 g/mol. The average molecular weight is 383 g/mol. The molecule has 0 aliphatic heterocycles. The molecule has 0 spiro atoms. The van der Waals surface area contributed by atoms with Gasteiger partial charge in [-0.25, -0.2) is 13.2 Å². The highest BCUT2D eigenvalue weighted by Gasteiger charge is 2.18. The maximum Gasteiger partial charge on any atom is 0.249 e. The molecule has 1 radical (unpaired) electrons. The number of benzene rings is 3. The van der Waals surface area contributed by atoms with Gasteiger partial charge in [-0.15, -0.1) is 0 Å². The van der Waals surface area contributed by atoms with Crippen molar-refractivity contribution >= 4 is 27.7 Å². The molecule has 0 saturated carbocycles. The normalized spacial score (nSPS) is 11.4. The van der Waals surface area contributed by atoms with E-state index < -0.39 is 23.4 Å². The maximum atomic E-state index is 13.7. The fourth-order valence-corrected chi connectivity index (χ4v) is 3.45. The summed E-state index contributed by atoms with van der Waals surface area (Å²) in [5, 5.41) is 10.6. The zero-order chi connectivity index (χ0) is 20.0. The van der Waals surface area contributed by atoms with Gasteiger partial charge in [0.1, 0.15) is 0 Å². The smallest absolute Gasteiger partial charge is 0.249 e. The number of halogens is 3. The van der Waals surface area contributed by atoms with Crippen LogP contribution < -0.4 is 5.73 Å². The molecule has 7 heteroatoms. The molecule has 4 rings (SSSR count). The van der Waals surface area contributed by atoms with Crippen molar-refractivity contribution in [3.05, 3.63) is 82.7 Å². The summed E-state index contributed by atoms with van der Waals surface area (Å²) in [4.78, 5) is 11.9. The SMILES string of the molecule is NC(=O)c1cccc2c1c1[c]cc(CO)cc1n2Cc1cc(F)c(F)c(F)c1. The molecule has 28 heavy (non-hydrogen) atoms. The van der Waals surface area contributed by atoms with Crippen LogP contribution in [0.1, 0.15) is 21.5 Å². The summed E-state index contributed by atoms with van der Waals surface area (Å²) < 4.78 is 42.3. The molecule has 141 valence electrons. The number of primary amides is 1. The largest absolute Gasteiger partial charge is 0.392 e. The first-order valence-corrected chi connectivity index (χ1v) is 8.40. The molecule has 0 unspecified atom stereocenters. The van der Waals surface area contributed by atoms with E-state index in [1.807, 2.05) is 0 Å². The Bertz CT molecular complexity index is 1220. The van der Waals surface area contributed by atoms with Crippen LogP contribution in [-0.2, 0) is 13.2 Å². The van der Waals surface area contributed by atoms with E-state index in [4.69, 9.17) is 5.73 Å². The Morgan fingerprint density at radius 1 is 1.07 bits per heavy atom. The van der Waals surface area contributed by atoms with Gasteiger partial charge in [0, 0.05) is 22.9 Å². The van der Waals surface area contributed by atoms with Crippen LogP contribution in [0, 0.1) is 23.5 Å². The van der Waals surface area contributed by atoms with Crippen LogP contribution in [0.2, 0.25) is 0 Å². The quantitative estimate of drug-likeness (QED) is 0.528. The lowest BCUT2D eigenvalue weighted by atomic mass is 10.0. The first-order valence-electron chi connectivity index (χ1n) is 8.40. The third-order valence-corrected chi connectivity index (χ3v) is 4.69. The number of carbonyl (C=O) groups excluding carboxylic acids is 1. The molecule has 0 atom stereocenters. The second-order valence-electron chi connectivity index (χ2n) is 6.45. The van der Waals surface area contributed by atoms with Crippen molar-refractivity contribution in [3.63, 3.8) is 0 Å². The Kier molecular flexibility index (Phi) is 4.31. The number of fused-ring (bicyclic) bond motifs is 3. The van der Waals surface area contributed by atoms with Gasteiger partial charge in [0.25, 0.3) is 0 Å². The highest BCUT2D eigenvalue weighted by atomic mass is 19.2. The number of aromatic nitrogens is 1. The lowest BCUT2D eigenvalue weighted by molar-refractivity contribution is 0.100. The lowest BCUT2D eigenvalue weighted by Gasteiger charge is -2.09. The number of rotatable bonds is 4. The molecule has 1 heterocycles. The Balaban J connectivity index is 2.03. The summed E-state index contributed by atoms with van der Waals surface area (Å²) in [5.74, 6) is -4.71. The van der Waals surface area contributed by atoms with Crippen molar-refractivity contribution in [2.24, 2.45) is 5.73 Å². The van der Waals surface area contributed by atoms with Gasteiger partial charge in [0.15, 0.2) is 17.5 Å². The molecule has 0 aliphatic rings. The molecule has 1 aromatic heterocycles. The molecule has 3 aromatic carbocycles. The summed E-state index contributed by atoms with van der Waals surface area (Å²) in [6.07, 6.45) is 0. The second kappa shape index (κ2) is 6.69. The molecule has 0 saturated heterocycles.